The van der Waals surface area contributed by atoms with E-state index in [0.717, 1.165) is 13.0 Å². The fourth-order valence-electron chi connectivity index (χ4n) is 1.96. The number of nitrogens with zero attached hydrogens (tertiary/aromatic N) is 1. The van der Waals surface area contributed by atoms with Crippen molar-refractivity contribution in [3.05, 3.63) is 33.3 Å². The number of nitrogens with one attached hydrogen (secondary N) is 1. The first-order chi connectivity index (χ1) is 8.08. The topological polar surface area (TPSA) is 55.2 Å². The van der Waals surface area contributed by atoms with E-state index < -0.39 is 4.92 Å². The Morgan fingerprint density at radius 1 is 1.53 bits per heavy atom. The maximum atomic E-state index is 10.9. The van der Waals surface area contributed by atoms with Crippen LogP contribution < -0.4 is 5.32 Å². The van der Waals surface area contributed by atoms with Crippen molar-refractivity contribution in [1.82, 2.24) is 0 Å². The standard InChI is InChI=1S/C12H15ClN2O2/c1-2-12(6-7-12)8-14-10-5-3-4-9(13)11(10)15(16)17/h3-5,14H,2,6-8H2,1H3. The highest BCUT2D eigenvalue weighted by Crippen LogP contribution is 2.48. The minimum atomic E-state index is -0.434. The van der Waals surface area contributed by atoms with Gasteiger partial charge >= 0.3 is 5.69 Å². The molecule has 0 amide bonds. The Kier molecular flexibility index (Phi) is 3.24. The van der Waals surface area contributed by atoms with Gasteiger partial charge in [0.2, 0.25) is 0 Å². The van der Waals surface area contributed by atoms with Gasteiger partial charge in [0.25, 0.3) is 0 Å². The lowest BCUT2D eigenvalue weighted by atomic mass is 10.0. The summed E-state index contributed by atoms with van der Waals surface area (Å²) in [6.07, 6.45) is 3.50. The minimum absolute atomic E-state index is 0.0268. The molecule has 0 atom stereocenters. The molecule has 4 nitrogen and oxygen atoms in total. The molecule has 17 heavy (non-hydrogen) atoms. The number of benzene rings is 1. The van der Waals surface area contributed by atoms with Gasteiger partial charge < -0.3 is 5.32 Å². The fraction of sp³-hybridized carbons (Fsp3) is 0.500. The molecule has 5 heteroatoms. The Morgan fingerprint density at radius 2 is 2.24 bits per heavy atom. The highest BCUT2D eigenvalue weighted by atomic mass is 35.5. The molecule has 1 fully saturated rings. The molecule has 0 aromatic heterocycles. The molecule has 1 saturated carbocycles. The van der Waals surface area contributed by atoms with E-state index >= 15 is 0 Å². The van der Waals surface area contributed by atoms with E-state index in [1.165, 1.54) is 18.9 Å². The van der Waals surface area contributed by atoms with Crippen molar-refractivity contribution < 1.29 is 4.92 Å². The molecule has 0 saturated heterocycles. The number of halogens is 1. The van der Waals surface area contributed by atoms with Crippen molar-refractivity contribution in [3.63, 3.8) is 0 Å². The molecule has 1 aliphatic rings. The average Bonchev–Trinajstić information content (AvgIpc) is 3.06. The van der Waals surface area contributed by atoms with E-state index in [1.807, 2.05) is 0 Å². The summed E-state index contributed by atoms with van der Waals surface area (Å²) in [6, 6.07) is 4.97. The molecule has 1 N–H and O–H groups in total. The Hall–Kier alpha value is -1.29. The van der Waals surface area contributed by atoms with Crippen LogP contribution in [0.25, 0.3) is 0 Å². The normalized spacial score (nSPS) is 16.6. The van der Waals surface area contributed by atoms with Crippen LogP contribution in [0.2, 0.25) is 5.02 Å². The second-order valence-electron chi connectivity index (χ2n) is 4.60. The Balaban J connectivity index is 2.15. The zero-order valence-corrected chi connectivity index (χ0v) is 10.5. The quantitative estimate of drug-likeness (QED) is 0.641. The summed E-state index contributed by atoms with van der Waals surface area (Å²) in [7, 11) is 0. The molecule has 0 radical (unpaired) electrons. The van der Waals surface area contributed by atoms with Gasteiger partial charge in [-0.3, -0.25) is 10.1 Å². The van der Waals surface area contributed by atoms with Crippen molar-refractivity contribution >= 4 is 23.0 Å². The molecule has 1 aromatic carbocycles. The van der Waals surface area contributed by atoms with E-state index in [2.05, 4.69) is 12.2 Å². The highest BCUT2D eigenvalue weighted by Gasteiger charge is 2.40. The molecule has 1 aliphatic carbocycles. The fourth-order valence-corrected chi connectivity index (χ4v) is 2.20. The van der Waals surface area contributed by atoms with E-state index in [1.54, 1.807) is 12.1 Å². The minimum Gasteiger partial charge on any atom is -0.379 e. The summed E-state index contributed by atoms with van der Waals surface area (Å²) in [5.74, 6) is 0. The Bertz CT molecular complexity index is 444. The number of hydrogen-bond donors (Lipinski definition) is 1. The second-order valence-corrected chi connectivity index (χ2v) is 5.01. The molecule has 1 aromatic rings. The molecule has 2 rings (SSSR count). The monoisotopic (exact) mass is 254 g/mol. The van der Waals surface area contributed by atoms with Gasteiger partial charge in [0.1, 0.15) is 10.7 Å². The van der Waals surface area contributed by atoms with Gasteiger partial charge in [-0.15, -0.1) is 0 Å². The summed E-state index contributed by atoms with van der Waals surface area (Å²) in [5, 5.41) is 14.3. The van der Waals surface area contributed by atoms with Crippen LogP contribution in [0.15, 0.2) is 18.2 Å². The number of rotatable bonds is 5. The highest BCUT2D eigenvalue weighted by molar-refractivity contribution is 6.33. The van der Waals surface area contributed by atoms with Crippen LogP contribution in [0.4, 0.5) is 11.4 Å². The predicted octanol–water partition coefficient (Wildman–Crippen LogP) is 3.85. The number of hydrogen-bond acceptors (Lipinski definition) is 3. The summed E-state index contributed by atoms with van der Waals surface area (Å²) in [5.41, 5.74) is 0.833. The molecular formula is C12H15ClN2O2. The van der Waals surface area contributed by atoms with E-state index in [4.69, 9.17) is 11.6 Å². The van der Waals surface area contributed by atoms with E-state index in [-0.39, 0.29) is 10.7 Å². The summed E-state index contributed by atoms with van der Waals surface area (Å²) in [4.78, 5) is 10.5. The van der Waals surface area contributed by atoms with Crippen molar-refractivity contribution in [3.8, 4) is 0 Å². The summed E-state index contributed by atoms with van der Waals surface area (Å²) >= 11 is 5.84. The van der Waals surface area contributed by atoms with Crippen LogP contribution >= 0.6 is 11.6 Å². The number of nitro groups is 1. The first kappa shape index (κ1) is 12.2. The SMILES string of the molecule is CCC1(CNc2cccc(Cl)c2[N+](=O)[O-])CC1. The second kappa shape index (κ2) is 4.53. The molecule has 0 unspecified atom stereocenters. The van der Waals surface area contributed by atoms with Crippen LogP contribution in [-0.4, -0.2) is 11.5 Å². The molecule has 0 spiro atoms. The van der Waals surface area contributed by atoms with Gasteiger partial charge in [-0.05, 0) is 36.8 Å². The van der Waals surface area contributed by atoms with Crippen LogP contribution in [0, 0.1) is 15.5 Å². The van der Waals surface area contributed by atoms with Gasteiger partial charge in [-0.2, -0.15) is 0 Å². The molecular weight excluding hydrogens is 240 g/mol. The van der Waals surface area contributed by atoms with E-state index in [9.17, 15) is 10.1 Å². The lowest BCUT2D eigenvalue weighted by Crippen LogP contribution is -2.15. The molecule has 92 valence electrons. The maximum Gasteiger partial charge on any atom is 0.310 e. The third kappa shape index (κ3) is 2.52. The van der Waals surface area contributed by atoms with Gasteiger partial charge in [0.15, 0.2) is 0 Å². The first-order valence-electron chi connectivity index (χ1n) is 5.75. The average molecular weight is 255 g/mol. The zero-order chi connectivity index (χ0) is 12.5. The third-order valence-corrected chi connectivity index (χ3v) is 3.84. The van der Waals surface area contributed by atoms with Crippen LogP contribution in [0.5, 0.6) is 0 Å². The van der Waals surface area contributed by atoms with Crippen molar-refractivity contribution in [2.75, 3.05) is 11.9 Å². The van der Waals surface area contributed by atoms with Crippen molar-refractivity contribution in [1.29, 1.82) is 0 Å². The van der Waals surface area contributed by atoms with Crippen LogP contribution in [-0.2, 0) is 0 Å². The smallest absolute Gasteiger partial charge is 0.310 e. The summed E-state index contributed by atoms with van der Waals surface area (Å²) < 4.78 is 0. The van der Waals surface area contributed by atoms with Crippen LogP contribution in [0.3, 0.4) is 0 Å². The predicted molar refractivity (Wildman–Crippen MR) is 68.6 cm³/mol. The van der Waals surface area contributed by atoms with Gasteiger partial charge in [-0.25, -0.2) is 0 Å². The zero-order valence-electron chi connectivity index (χ0n) is 9.70. The third-order valence-electron chi connectivity index (χ3n) is 3.53. The largest absolute Gasteiger partial charge is 0.379 e. The summed E-state index contributed by atoms with van der Waals surface area (Å²) in [6.45, 7) is 2.94. The molecule has 0 bridgehead atoms. The molecule has 0 heterocycles. The Labute approximate surface area is 105 Å². The van der Waals surface area contributed by atoms with Gasteiger partial charge in [-0.1, -0.05) is 24.6 Å². The van der Waals surface area contributed by atoms with Gasteiger partial charge in [0.05, 0.1) is 4.92 Å². The lowest BCUT2D eigenvalue weighted by molar-refractivity contribution is -0.383. The van der Waals surface area contributed by atoms with Gasteiger partial charge in [0, 0.05) is 6.54 Å². The van der Waals surface area contributed by atoms with E-state index in [0.29, 0.717) is 11.1 Å². The number of nitro benzene ring substituents is 1. The number of para-hydroxylation sites is 1. The van der Waals surface area contributed by atoms with Crippen molar-refractivity contribution in [2.45, 2.75) is 26.2 Å². The Morgan fingerprint density at radius 3 is 2.76 bits per heavy atom. The first-order valence-corrected chi connectivity index (χ1v) is 6.12. The number of anilines is 1. The molecule has 0 aliphatic heterocycles. The lowest BCUT2D eigenvalue weighted by Gasteiger charge is -2.14. The van der Waals surface area contributed by atoms with Crippen LogP contribution in [0.1, 0.15) is 26.2 Å². The maximum absolute atomic E-state index is 10.9. The van der Waals surface area contributed by atoms with Crippen molar-refractivity contribution in [2.24, 2.45) is 5.41 Å².